The minimum Gasteiger partial charge on any atom is -0.453 e. The number of benzene rings is 1. The van der Waals surface area contributed by atoms with E-state index in [4.69, 9.17) is 9.47 Å². The quantitative estimate of drug-likeness (QED) is 0.371. The Morgan fingerprint density at radius 1 is 1.18 bits per heavy atom. The van der Waals surface area contributed by atoms with Gasteiger partial charge in [0.1, 0.15) is 0 Å². The Morgan fingerprint density at radius 2 is 1.89 bits per heavy atom. The topological polar surface area (TPSA) is 59.1 Å². The smallest absolute Gasteiger partial charge is 0.416 e. The fourth-order valence-electron chi connectivity index (χ4n) is 6.80. The van der Waals surface area contributed by atoms with Crippen LogP contribution in [0.25, 0.3) is 0 Å². The summed E-state index contributed by atoms with van der Waals surface area (Å²) >= 11 is 0. The largest absolute Gasteiger partial charge is 0.453 e. The predicted molar refractivity (Wildman–Crippen MR) is 137 cm³/mol. The Hall–Kier alpha value is -2.71. The van der Waals surface area contributed by atoms with E-state index in [9.17, 15) is 22.8 Å². The zero-order valence-electron chi connectivity index (χ0n) is 22.7. The van der Waals surface area contributed by atoms with Gasteiger partial charge in [-0.05, 0) is 92.9 Å². The molecule has 4 atom stereocenters. The van der Waals surface area contributed by atoms with Gasteiger partial charge in [-0.15, -0.1) is 0 Å². The summed E-state index contributed by atoms with van der Waals surface area (Å²) in [7, 11) is 1.30. The number of fused-ring (bicyclic) bond motifs is 2. The second-order valence-corrected chi connectivity index (χ2v) is 12.1. The summed E-state index contributed by atoms with van der Waals surface area (Å²) in [6, 6.07) is 2.50. The van der Waals surface area contributed by atoms with Crippen LogP contribution in [-0.2, 0) is 15.7 Å². The number of rotatable bonds is 5. The van der Waals surface area contributed by atoms with Crippen LogP contribution in [0.5, 0.6) is 0 Å². The lowest BCUT2D eigenvalue weighted by atomic mass is 9.49. The van der Waals surface area contributed by atoms with Crippen molar-refractivity contribution in [2.24, 2.45) is 23.2 Å². The minimum absolute atomic E-state index is 0.133. The zero-order chi connectivity index (χ0) is 27.6. The Bertz CT molecular complexity index is 1140. The van der Waals surface area contributed by atoms with Crippen molar-refractivity contribution in [3.05, 3.63) is 41.0 Å². The number of alkyl halides is 3. The van der Waals surface area contributed by atoms with Gasteiger partial charge < -0.3 is 9.47 Å². The SMILES string of the molecule is COC(=O)N(CC1=CCC2CC1C2(C)C)[C@@H]1C[C@H](C2CC2)N(C(=O)OC(C)C)c2ccc(C(F)(F)F)cc21. The first-order chi connectivity index (χ1) is 17.8. The number of amides is 2. The van der Waals surface area contributed by atoms with E-state index < -0.39 is 30.0 Å². The molecule has 208 valence electrons. The van der Waals surface area contributed by atoms with Crippen molar-refractivity contribution in [3.8, 4) is 0 Å². The summed E-state index contributed by atoms with van der Waals surface area (Å²) in [6.07, 6.45) is 0.260. The number of allylic oxidation sites excluding steroid dienone is 1. The molecule has 1 heterocycles. The van der Waals surface area contributed by atoms with Crippen LogP contribution in [0.15, 0.2) is 29.8 Å². The molecule has 6 rings (SSSR count). The third-order valence-electron chi connectivity index (χ3n) is 9.19. The molecule has 9 heteroatoms. The lowest BCUT2D eigenvalue weighted by molar-refractivity contribution is -0.137. The van der Waals surface area contributed by atoms with Crippen LogP contribution in [0.2, 0.25) is 0 Å². The Labute approximate surface area is 222 Å². The molecule has 2 amide bonds. The highest BCUT2D eigenvalue weighted by Gasteiger charge is 2.53. The van der Waals surface area contributed by atoms with Crippen molar-refractivity contribution in [1.82, 2.24) is 4.90 Å². The maximum absolute atomic E-state index is 13.8. The summed E-state index contributed by atoms with van der Waals surface area (Å²) in [4.78, 5) is 29.6. The molecule has 0 N–H and O–H groups in total. The van der Waals surface area contributed by atoms with E-state index in [1.807, 2.05) is 0 Å². The van der Waals surface area contributed by atoms with Crippen LogP contribution in [0.1, 0.15) is 77.0 Å². The van der Waals surface area contributed by atoms with Crippen molar-refractivity contribution >= 4 is 17.9 Å². The number of methoxy groups -OCH3 is 1. The van der Waals surface area contributed by atoms with E-state index in [1.165, 1.54) is 18.1 Å². The lowest BCUT2D eigenvalue weighted by Gasteiger charge is -2.57. The summed E-state index contributed by atoms with van der Waals surface area (Å²) in [5.74, 6) is 1.15. The molecule has 1 aromatic carbocycles. The first kappa shape index (κ1) is 26.9. The number of anilines is 1. The molecule has 0 aromatic heterocycles. The van der Waals surface area contributed by atoms with Crippen molar-refractivity contribution in [2.45, 2.75) is 84.2 Å². The van der Waals surface area contributed by atoms with Gasteiger partial charge in [0.2, 0.25) is 0 Å². The van der Waals surface area contributed by atoms with Crippen molar-refractivity contribution in [1.29, 1.82) is 0 Å². The molecule has 6 nitrogen and oxygen atoms in total. The summed E-state index contributed by atoms with van der Waals surface area (Å²) in [5.41, 5.74) is 1.12. The average molecular weight is 535 g/mol. The zero-order valence-corrected chi connectivity index (χ0v) is 22.7. The van der Waals surface area contributed by atoms with Crippen molar-refractivity contribution < 1.29 is 32.2 Å². The molecule has 5 aliphatic rings. The van der Waals surface area contributed by atoms with Gasteiger partial charge in [0.05, 0.1) is 30.5 Å². The fourth-order valence-corrected chi connectivity index (χ4v) is 6.80. The molecular formula is C29H37F3N2O4. The van der Waals surface area contributed by atoms with Gasteiger partial charge in [-0.2, -0.15) is 13.2 Å². The van der Waals surface area contributed by atoms with Gasteiger partial charge in [-0.25, -0.2) is 9.59 Å². The van der Waals surface area contributed by atoms with Crippen molar-refractivity contribution in [3.63, 3.8) is 0 Å². The van der Waals surface area contributed by atoms with Gasteiger partial charge in [-0.3, -0.25) is 9.80 Å². The Kier molecular flexibility index (Phi) is 6.71. The first-order valence-corrected chi connectivity index (χ1v) is 13.6. The maximum atomic E-state index is 13.8. The Balaban J connectivity index is 1.59. The highest BCUT2D eigenvalue weighted by Crippen LogP contribution is 2.59. The average Bonchev–Trinajstić information content (AvgIpc) is 3.70. The molecule has 38 heavy (non-hydrogen) atoms. The monoisotopic (exact) mass is 534 g/mol. The molecule has 1 aromatic rings. The van der Waals surface area contributed by atoms with Gasteiger partial charge in [-0.1, -0.05) is 25.5 Å². The van der Waals surface area contributed by atoms with E-state index in [0.717, 1.165) is 43.4 Å². The molecular weight excluding hydrogens is 497 g/mol. The van der Waals surface area contributed by atoms with Crippen LogP contribution in [0, 0.1) is 23.2 Å². The van der Waals surface area contributed by atoms with E-state index in [1.54, 1.807) is 18.7 Å². The highest BCUT2D eigenvalue weighted by atomic mass is 19.4. The molecule has 4 aliphatic carbocycles. The van der Waals surface area contributed by atoms with E-state index >= 15 is 0 Å². The number of ether oxygens (including phenoxy) is 2. The van der Waals surface area contributed by atoms with Gasteiger partial charge in [0.15, 0.2) is 0 Å². The normalized spacial score (nSPS) is 27.7. The molecule has 2 bridgehead atoms. The van der Waals surface area contributed by atoms with Crippen LogP contribution in [0.3, 0.4) is 0 Å². The number of hydrogen-bond donors (Lipinski definition) is 0. The number of carbonyl (C=O) groups is 2. The molecule has 2 fully saturated rings. The molecule has 2 unspecified atom stereocenters. The second-order valence-electron chi connectivity index (χ2n) is 12.1. The molecule has 0 radical (unpaired) electrons. The summed E-state index contributed by atoms with van der Waals surface area (Å²) < 4.78 is 52.3. The van der Waals surface area contributed by atoms with Crippen LogP contribution >= 0.6 is 0 Å². The van der Waals surface area contributed by atoms with E-state index in [0.29, 0.717) is 36.1 Å². The maximum Gasteiger partial charge on any atom is 0.416 e. The Morgan fingerprint density at radius 3 is 2.45 bits per heavy atom. The van der Waals surface area contributed by atoms with Crippen LogP contribution in [-0.4, -0.2) is 42.9 Å². The number of halogens is 3. The molecule has 0 spiro atoms. The number of carbonyl (C=O) groups excluding carboxylic acids is 2. The third kappa shape index (κ3) is 4.66. The number of nitrogens with zero attached hydrogens (tertiary/aromatic N) is 2. The van der Waals surface area contributed by atoms with Crippen molar-refractivity contribution in [2.75, 3.05) is 18.6 Å². The van der Waals surface area contributed by atoms with Gasteiger partial charge in [0, 0.05) is 12.6 Å². The summed E-state index contributed by atoms with van der Waals surface area (Å²) in [5, 5.41) is 0. The lowest BCUT2D eigenvalue weighted by Crippen LogP contribution is -2.53. The molecule has 0 saturated heterocycles. The standard InChI is InChI=1S/C29H37F3N2O4/c1-16(2)38-27(36)34-23-11-10-20(29(30,31)32)12-21(23)25(14-24(34)17-6-7-17)33(26(35)37-5)15-18-8-9-19-13-22(18)28(19,3)4/h8,10-12,16-17,19,22,24-25H,6-7,9,13-15H2,1-5H3/t19?,22?,24-,25-/m1/s1. The summed E-state index contributed by atoms with van der Waals surface area (Å²) in [6.45, 7) is 8.27. The van der Waals surface area contributed by atoms with Crippen LogP contribution in [0.4, 0.5) is 28.4 Å². The fraction of sp³-hybridized carbons (Fsp3) is 0.655. The van der Waals surface area contributed by atoms with Crippen LogP contribution < -0.4 is 4.90 Å². The van der Waals surface area contributed by atoms with E-state index in [-0.39, 0.29) is 23.5 Å². The van der Waals surface area contributed by atoms with Gasteiger partial charge >= 0.3 is 18.4 Å². The van der Waals surface area contributed by atoms with E-state index in [2.05, 4.69) is 19.9 Å². The molecule has 1 aliphatic heterocycles. The minimum atomic E-state index is -4.57. The van der Waals surface area contributed by atoms with Gasteiger partial charge in [0.25, 0.3) is 0 Å². The molecule has 2 saturated carbocycles. The third-order valence-corrected chi connectivity index (χ3v) is 9.19. The first-order valence-electron chi connectivity index (χ1n) is 13.6. The predicted octanol–water partition coefficient (Wildman–Crippen LogP) is 7.34. The second kappa shape index (κ2) is 9.49. The number of hydrogen-bond acceptors (Lipinski definition) is 4. The highest BCUT2D eigenvalue weighted by molar-refractivity contribution is 5.91.